The molecule has 0 amide bonds. The second-order valence-corrected chi connectivity index (χ2v) is 6.86. The fraction of sp³-hybridized carbons (Fsp3) is 0.765. The van der Waals surface area contributed by atoms with Crippen LogP contribution in [0.4, 0.5) is 0 Å². The Morgan fingerprint density at radius 2 is 1.76 bits per heavy atom. The minimum absolute atomic E-state index is 0.764. The predicted octanol–water partition coefficient (Wildman–Crippen LogP) is 2.35. The van der Waals surface area contributed by atoms with Gasteiger partial charge in [0.25, 0.3) is 0 Å². The first kappa shape index (κ1) is 13.8. The Kier molecular flexibility index (Phi) is 4.01. The van der Waals surface area contributed by atoms with Gasteiger partial charge < -0.3 is 9.15 Å². The smallest absolute Gasteiger partial charge is 0.0947 e. The topological polar surface area (TPSA) is 28.9 Å². The van der Waals surface area contributed by atoms with Crippen molar-refractivity contribution in [2.24, 2.45) is 5.92 Å². The van der Waals surface area contributed by atoms with Crippen molar-refractivity contribution in [3.63, 3.8) is 0 Å². The maximum Gasteiger partial charge on any atom is 0.0947 e. The Hall–Kier alpha value is -0.840. The van der Waals surface area contributed by atoms with E-state index < -0.39 is 0 Å². The summed E-state index contributed by atoms with van der Waals surface area (Å²) in [4.78, 5) is 5.44. The summed E-state index contributed by atoms with van der Waals surface area (Å²) in [5, 5.41) is 0. The van der Waals surface area contributed by atoms with Gasteiger partial charge in [0.15, 0.2) is 0 Å². The van der Waals surface area contributed by atoms with Crippen molar-refractivity contribution in [1.29, 1.82) is 0 Å². The van der Waals surface area contributed by atoms with Gasteiger partial charge in [0, 0.05) is 57.0 Å². The largest absolute Gasteiger partial charge is 0.472 e. The van der Waals surface area contributed by atoms with Gasteiger partial charge in [-0.25, -0.2) is 0 Å². The van der Waals surface area contributed by atoms with Gasteiger partial charge in [0.2, 0.25) is 0 Å². The molecule has 0 unspecified atom stereocenters. The van der Waals surface area contributed by atoms with E-state index in [0.717, 1.165) is 37.8 Å². The quantitative estimate of drug-likeness (QED) is 0.851. The first-order valence-corrected chi connectivity index (χ1v) is 8.47. The summed E-state index contributed by atoms with van der Waals surface area (Å²) in [6, 6.07) is 3.65. The van der Waals surface area contributed by atoms with E-state index in [9.17, 15) is 0 Å². The van der Waals surface area contributed by atoms with Gasteiger partial charge in [-0.3, -0.25) is 9.80 Å². The van der Waals surface area contributed by atoms with E-state index in [4.69, 9.17) is 9.15 Å². The van der Waals surface area contributed by atoms with Crippen LogP contribution in [0.2, 0.25) is 0 Å². The standard InChI is InChI=1S/C17H26N2O2/c1-6-18(11-14-3-8-20-9-4-14)16-2-7-19(17(1)16)12-15-5-10-21-13-15/h5,10,13-14,16-17H,1-4,6-9,11-12H2/t16-,17-/m0/s1. The molecule has 0 N–H and O–H groups in total. The summed E-state index contributed by atoms with van der Waals surface area (Å²) in [6.07, 6.45) is 8.87. The van der Waals surface area contributed by atoms with Crippen LogP contribution in [-0.2, 0) is 11.3 Å². The normalized spacial score (nSPS) is 31.8. The van der Waals surface area contributed by atoms with Crippen LogP contribution in [0.25, 0.3) is 0 Å². The van der Waals surface area contributed by atoms with Crippen LogP contribution in [0.15, 0.2) is 23.0 Å². The van der Waals surface area contributed by atoms with Gasteiger partial charge in [0.05, 0.1) is 12.5 Å². The highest BCUT2D eigenvalue weighted by Crippen LogP contribution is 2.34. The van der Waals surface area contributed by atoms with Crippen LogP contribution >= 0.6 is 0 Å². The Morgan fingerprint density at radius 1 is 1.00 bits per heavy atom. The van der Waals surface area contributed by atoms with Crippen molar-refractivity contribution in [3.05, 3.63) is 24.2 Å². The first-order valence-electron chi connectivity index (χ1n) is 8.47. The van der Waals surface area contributed by atoms with Crippen molar-refractivity contribution in [2.45, 2.75) is 44.3 Å². The van der Waals surface area contributed by atoms with Crippen LogP contribution in [0.5, 0.6) is 0 Å². The second kappa shape index (κ2) is 6.11. The fourth-order valence-corrected chi connectivity index (χ4v) is 4.47. The molecular formula is C17H26N2O2. The lowest BCUT2D eigenvalue weighted by molar-refractivity contribution is 0.0504. The summed E-state index contributed by atoms with van der Waals surface area (Å²) in [5.41, 5.74) is 1.32. The van der Waals surface area contributed by atoms with Crippen molar-refractivity contribution in [3.8, 4) is 0 Å². The average Bonchev–Trinajstić information content (AvgIpc) is 3.21. The van der Waals surface area contributed by atoms with Gasteiger partial charge >= 0.3 is 0 Å². The summed E-state index contributed by atoms with van der Waals surface area (Å²) in [5.74, 6) is 0.862. The summed E-state index contributed by atoms with van der Waals surface area (Å²) in [6.45, 7) is 6.82. The van der Waals surface area contributed by atoms with E-state index in [1.165, 1.54) is 50.9 Å². The molecular weight excluding hydrogens is 264 g/mol. The SMILES string of the molecule is c1cc(CN2CC[C@H]3[C@@H]2CCN3CC2CCOCC2)co1. The molecule has 1 aromatic heterocycles. The van der Waals surface area contributed by atoms with Crippen LogP contribution < -0.4 is 0 Å². The molecule has 0 aliphatic carbocycles. The highest BCUT2D eigenvalue weighted by Gasteiger charge is 2.42. The average molecular weight is 290 g/mol. The molecule has 4 rings (SSSR count). The molecule has 4 heteroatoms. The fourth-order valence-electron chi connectivity index (χ4n) is 4.47. The maximum absolute atomic E-state index is 5.49. The zero-order valence-corrected chi connectivity index (χ0v) is 12.7. The zero-order chi connectivity index (χ0) is 14.1. The van der Waals surface area contributed by atoms with Crippen LogP contribution in [0.3, 0.4) is 0 Å². The van der Waals surface area contributed by atoms with Gasteiger partial charge in [-0.1, -0.05) is 0 Å². The van der Waals surface area contributed by atoms with Gasteiger partial charge in [-0.05, 0) is 37.7 Å². The lowest BCUT2D eigenvalue weighted by Gasteiger charge is -2.30. The highest BCUT2D eigenvalue weighted by molar-refractivity contribution is 5.08. The molecule has 0 spiro atoms. The number of furan rings is 1. The van der Waals surface area contributed by atoms with E-state index in [1.807, 2.05) is 6.26 Å². The number of likely N-dealkylation sites (tertiary alicyclic amines) is 2. The lowest BCUT2D eigenvalue weighted by atomic mass is 9.99. The van der Waals surface area contributed by atoms with Crippen molar-refractivity contribution in [2.75, 3.05) is 32.8 Å². The molecule has 116 valence electrons. The third kappa shape index (κ3) is 2.89. The van der Waals surface area contributed by atoms with Gasteiger partial charge in [-0.2, -0.15) is 0 Å². The number of ether oxygens (including phenoxy) is 1. The van der Waals surface area contributed by atoms with Crippen molar-refractivity contribution < 1.29 is 9.15 Å². The minimum Gasteiger partial charge on any atom is -0.472 e. The third-order valence-electron chi connectivity index (χ3n) is 5.61. The zero-order valence-electron chi connectivity index (χ0n) is 12.7. The highest BCUT2D eigenvalue weighted by atomic mass is 16.5. The van der Waals surface area contributed by atoms with Crippen LogP contribution in [0, 0.1) is 5.92 Å². The molecule has 3 aliphatic heterocycles. The lowest BCUT2D eigenvalue weighted by Crippen LogP contribution is -2.39. The van der Waals surface area contributed by atoms with E-state index in [0.29, 0.717) is 0 Å². The second-order valence-electron chi connectivity index (χ2n) is 6.86. The Labute approximate surface area is 127 Å². The van der Waals surface area contributed by atoms with E-state index >= 15 is 0 Å². The minimum atomic E-state index is 0.764. The van der Waals surface area contributed by atoms with E-state index in [-0.39, 0.29) is 0 Å². The van der Waals surface area contributed by atoms with Gasteiger partial charge in [0.1, 0.15) is 0 Å². The number of hydrogen-bond acceptors (Lipinski definition) is 4. The maximum atomic E-state index is 5.49. The molecule has 21 heavy (non-hydrogen) atoms. The molecule has 2 atom stereocenters. The number of fused-ring (bicyclic) bond motifs is 1. The Balaban J connectivity index is 1.34. The molecule has 0 saturated carbocycles. The summed E-state index contributed by atoms with van der Waals surface area (Å²) in [7, 11) is 0. The predicted molar refractivity (Wildman–Crippen MR) is 81.0 cm³/mol. The Morgan fingerprint density at radius 3 is 2.52 bits per heavy atom. The van der Waals surface area contributed by atoms with E-state index in [1.54, 1.807) is 6.26 Å². The van der Waals surface area contributed by atoms with Crippen molar-refractivity contribution in [1.82, 2.24) is 9.80 Å². The summed E-state index contributed by atoms with van der Waals surface area (Å²) < 4.78 is 10.7. The number of rotatable bonds is 4. The molecule has 0 bridgehead atoms. The Bertz CT molecular complexity index is 442. The van der Waals surface area contributed by atoms with E-state index in [2.05, 4.69) is 15.9 Å². The monoisotopic (exact) mass is 290 g/mol. The summed E-state index contributed by atoms with van der Waals surface area (Å²) >= 11 is 0. The van der Waals surface area contributed by atoms with Crippen LogP contribution in [-0.4, -0.2) is 54.7 Å². The third-order valence-corrected chi connectivity index (χ3v) is 5.61. The molecule has 3 saturated heterocycles. The number of hydrogen-bond donors (Lipinski definition) is 0. The van der Waals surface area contributed by atoms with Crippen LogP contribution in [0.1, 0.15) is 31.2 Å². The van der Waals surface area contributed by atoms with Crippen molar-refractivity contribution >= 4 is 0 Å². The molecule has 3 fully saturated rings. The van der Waals surface area contributed by atoms with Gasteiger partial charge in [-0.15, -0.1) is 0 Å². The molecule has 3 aliphatic rings. The molecule has 0 radical (unpaired) electrons. The molecule has 0 aromatic carbocycles. The first-order chi connectivity index (χ1) is 10.4. The molecule has 4 nitrogen and oxygen atoms in total. The molecule has 1 aromatic rings. The molecule has 4 heterocycles. The number of nitrogens with zero attached hydrogens (tertiary/aromatic N) is 2.